The zero-order valence-corrected chi connectivity index (χ0v) is 14.7. The van der Waals surface area contributed by atoms with Crippen molar-refractivity contribution in [3.05, 3.63) is 73.8 Å². The summed E-state index contributed by atoms with van der Waals surface area (Å²) < 4.78 is 1.53. The van der Waals surface area contributed by atoms with Crippen molar-refractivity contribution in [2.45, 2.75) is 13.8 Å². The standard InChI is InChI=1S/C16H13N7O5/c1-9-3-10(2)21(20-9)16-17-7-12(8-18-16)19-15(24)11-4-13(22(25)26)6-14(5-11)23(27)28/h3-8H,1-2H3,(H,19,24). The Labute approximate surface area is 157 Å². The molecule has 12 nitrogen and oxygen atoms in total. The summed E-state index contributed by atoms with van der Waals surface area (Å²) in [6.07, 6.45) is 2.67. The molecule has 0 aliphatic rings. The lowest BCUT2D eigenvalue weighted by molar-refractivity contribution is -0.394. The first-order chi connectivity index (χ1) is 13.2. The fraction of sp³-hybridized carbons (Fsp3) is 0.125. The first-order valence-corrected chi connectivity index (χ1v) is 7.85. The lowest BCUT2D eigenvalue weighted by Gasteiger charge is -2.06. The molecule has 1 amide bonds. The Balaban J connectivity index is 1.84. The van der Waals surface area contributed by atoms with Crippen molar-refractivity contribution in [2.75, 3.05) is 5.32 Å². The Bertz CT molecular complexity index is 1060. The number of anilines is 1. The summed E-state index contributed by atoms with van der Waals surface area (Å²) >= 11 is 0. The number of rotatable bonds is 5. The summed E-state index contributed by atoms with van der Waals surface area (Å²) in [4.78, 5) is 40.8. The van der Waals surface area contributed by atoms with Crippen LogP contribution in [0.25, 0.3) is 5.95 Å². The van der Waals surface area contributed by atoms with E-state index in [4.69, 9.17) is 0 Å². The van der Waals surface area contributed by atoms with Crippen molar-refractivity contribution < 1.29 is 14.6 Å². The van der Waals surface area contributed by atoms with Gasteiger partial charge in [-0.15, -0.1) is 0 Å². The van der Waals surface area contributed by atoms with E-state index in [0.29, 0.717) is 5.95 Å². The summed E-state index contributed by atoms with van der Waals surface area (Å²) in [5.41, 5.74) is 0.489. The third-order valence-corrected chi connectivity index (χ3v) is 3.68. The molecule has 0 saturated carbocycles. The first kappa shape index (κ1) is 18.6. The van der Waals surface area contributed by atoms with Gasteiger partial charge in [0, 0.05) is 17.8 Å². The van der Waals surface area contributed by atoms with Gasteiger partial charge in [0.15, 0.2) is 0 Å². The second kappa shape index (κ2) is 7.19. The monoisotopic (exact) mass is 383 g/mol. The van der Waals surface area contributed by atoms with Crippen LogP contribution in [0.5, 0.6) is 0 Å². The molecule has 2 heterocycles. The Hall–Kier alpha value is -4.22. The van der Waals surface area contributed by atoms with Crippen LogP contribution < -0.4 is 5.32 Å². The maximum absolute atomic E-state index is 12.3. The summed E-state index contributed by atoms with van der Waals surface area (Å²) in [5.74, 6) is -0.469. The summed E-state index contributed by atoms with van der Waals surface area (Å²) in [7, 11) is 0. The topological polar surface area (TPSA) is 159 Å². The van der Waals surface area contributed by atoms with Crippen LogP contribution in [0.15, 0.2) is 36.7 Å². The van der Waals surface area contributed by atoms with Crippen molar-refractivity contribution >= 4 is 23.0 Å². The molecular formula is C16H13N7O5. The number of nitro benzene ring substituents is 2. The van der Waals surface area contributed by atoms with E-state index in [0.717, 1.165) is 29.6 Å². The largest absolute Gasteiger partial charge is 0.319 e. The highest BCUT2D eigenvalue weighted by Crippen LogP contribution is 2.23. The number of benzene rings is 1. The first-order valence-electron chi connectivity index (χ1n) is 7.85. The molecule has 0 aliphatic carbocycles. The number of non-ortho nitro benzene ring substituents is 2. The quantitative estimate of drug-likeness (QED) is 0.519. The molecule has 0 unspecified atom stereocenters. The van der Waals surface area contributed by atoms with E-state index in [1.807, 2.05) is 19.9 Å². The van der Waals surface area contributed by atoms with Gasteiger partial charge in [-0.2, -0.15) is 5.10 Å². The van der Waals surface area contributed by atoms with E-state index in [9.17, 15) is 25.0 Å². The number of aryl methyl sites for hydroxylation is 2. The molecule has 3 rings (SSSR count). The van der Waals surface area contributed by atoms with Crippen LogP contribution in [0.1, 0.15) is 21.7 Å². The van der Waals surface area contributed by atoms with Gasteiger partial charge in [0.25, 0.3) is 23.2 Å². The maximum atomic E-state index is 12.3. The highest BCUT2D eigenvalue weighted by atomic mass is 16.6. The normalized spacial score (nSPS) is 10.5. The molecule has 0 aliphatic heterocycles. The zero-order valence-electron chi connectivity index (χ0n) is 14.7. The van der Waals surface area contributed by atoms with E-state index in [1.165, 1.54) is 17.1 Å². The van der Waals surface area contributed by atoms with Gasteiger partial charge in [-0.1, -0.05) is 0 Å². The molecular weight excluding hydrogens is 370 g/mol. The Kier molecular flexibility index (Phi) is 4.76. The maximum Gasteiger partial charge on any atom is 0.277 e. The van der Waals surface area contributed by atoms with Gasteiger partial charge in [0.05, 0.1) is 45.3 Å². The third kappa shape index (κ3) is 3.80. The van der Waals surface area contributed by atoms with Crippen LogP contribution in [0.4, 0.5) is 17.1 Å². The summed E-state index contributed by atoms with van der Waals surface area (Å²) in [5, 5.41) is 28.6. The van der Waals surface area contributed by atoms with Crippen molar-refractivity contribution in [1.82, 2.24) is 19.7 Å². The number of nitrogens with zero attached hydrogens (tertiary/aromatic N) is 6. The highest BCUT2D eigenvalue weighted by Gasteiger charge is 2.20. The van der Waals surface area contributed by atoms with E-state index >= 15 is 0 Å². The molecule has 0 atom stereocenters. The predicted molar refractivity (Wildman–Crippen MR) is 96.3 cm³/mol. The number of carbonyl (C=O) groups excluding carboxylic acids is 1. The molecule has 2 aromatic heterocycles. The fourth-order valence-electron chi connectivity index (χ4n) is 2.47. The zero-order chi connectivity index (χ0) is 20.4. The van der Waals surface area contributed by atoms with Crippen LogP contribution in [0.3, 0.4) is 0 Å². The Morgan fingerprint density at radius 2 is 1.57 bits per heavy atom. The molecule has 3 aromatic rings. The molecule has 0 radical (unpaired) electrons. The number of carbonyl (C=O) groups is 1. The molecule has 0 bridgehead atoms. The Morgan fingerprint density at radius 1 is 1.00 bits per heavy atom. The van der Waals surface area contributed by atoms with Crippen LogP contribution in [0, 0.1) is 34.1 Å². The van der Waals surface area contributed by atoms with Gasteiger partial charge in [-0.25, -0.2) is 14.6 Å². The fourth-order valence-corrected chi connectivity index (χ4v) is 2.47. The smallest absolute Gasteiger partial charge is 0.277 e. The average Bonchev–Trinajstić information content (AvgIpc) is 3.00. The van der Waals surface area contributed by atoms with E-state index in [2.05, 4.69) is 20.4 Å². The number of aromatic nitrogens is 4. The second-order valence-electron chi connectivity index (χ2n) is 5.82. The van der Waals surface area contributed by atoms with Crippen molar-refractivity contribution in [3.8, 4) is 5.95 Å². The number of hydrogen-bond donors (Lipinski definition) is 1. The summed E-state index contributed by atoms with van der Waals surface area (Å²) in [6.45, 7) is 3.67. The lowest BCUT2D eigenvalue weighted by atomic mass is 10.1. The van der Waals surface area contributed by atoms with Crippen LogP contribution in [-0.2, 0) is 0 Å². The summed E-state index contributed by atoms with van der Waals surface area (Å²) in [6, 6.07) is 4.54. The lowest BCUT2D eigenvalue weighted by Crippen LogP contribution is -2.14. The molecule has 12 heteroatoms. The molecule has 142 valence electrons. The number of nitro groups is 2. The van der Waals surface area contributed by atoms with Crippen LogP contribution in [0.2, 0.25) is 0 Å². The van der Waals surface area contributed by atoms with Gasteiger partial charge in [-0.3, -0.25) is 25.0 Å². The molecule has 0 saturated heterocycles. The van der Waals surface area contributed by atoms with Gasteiger partial charge >= 0.3 is 0 Å². The minimum atomic E-state index is -0.809. The number of hydrogen-bond acceptors (Lipinski definition) is 8. The Morgan fingerprint density at radius 3 is 2.04 bits per heavy atom. The SMILES string of the molecule is Cc1cc(C)n(-c2ncc(NC(=O)c3cc([N+](=O)[O-])cc([N+](=O)[O-])c3)cn2)n1. The average molecular weight is 383 g/mol. The molecule has 1 N–H and O–H groups in total. The molecule has 28 heavy (non-hydrogen) atoms. The van der Waals surface area contributed by atoms with Gasteiger partial charge in [0.1, 0.15) is 0 Å². The third-order valence-electron chi connectivity index (χ3n) is 3.68. The number of nitrogens with one attached hydrogen (secondary N) is 1. The van der Waals surface area contributed by atoms with E-state index in [-0.39, 0.29) is 11.3 Å². The van der Waals surface area contributed by atoms with Gasteiger partial charge in [0.2, 0.25) is 0 Å². The van der Waals surface area contributed by atoms with Crippen LogP contribution >= 0.6 is 0 Å². The molecule has 0 spiro atoms. The van der Waals surface area contributed by atoms with Crippen molar-refractivity contribution in [1.29, 1.82) is 0 Å². The van der Waals surface area contributed by atoms with Gasteiger partial charge in [-0.05, 0) is 19.9 Å². The van der Waals surface area contributed by atoms with E-state index < -0.39 is 27.1 Å². The van der Waals surface area contributed by atoms with Crippen molar-refractivity contribution in [3.63, 3.8) is 0 Å². The minimum Gasteiger partial charge on any atom is -0.319 e. The number of amides is 1. The molecule has 0 fully saturated rings. The van der Waals surface area contributed by atoms with E-state index in [1.54, 1.807) is 0 Å². The highest BCUT2D eigenvalue weighted by molar-refractivity contribution is 6.05. The second-order valence-corrected chi connectivity index (χ2v) is 5.82. The van der Waals surface area contributed by atoms with Crippen molar-refractivity contribution in [2.24, 2.45) is 0 Å². The minimum absolute atomic E-state index is 0.212. The predicted octanol–water partition coefficient (Wildman–Crippen LogP) is 2.35. The molecule has 1 aromatic carbocycles. The van der Waals surface area contributed by atoms with Crippen LogP contribution in [-0.4, -0.2) is 35.5 Å². The van der Waals surface area contributed by atoms with Gasteiger partial charge < -0.3 is 5.32 Å².